The third-order valence-electron chi connectivity index (χ3n) is 3.74. The molecular weight excluding hydrogens is 307 g/mol. The minimum atomic E-state index is -0.692. The summed E-state index contributed by atoms with van der Waals surface area (Å²) in [5.74, 6) is -1.10. The van der Waals surface area contributed by atoms with E-state index in [1.807, 2.05) is 32.9 Å². The molecule has 0 bridgehead atoms. The van der Waals surface area contributed by atoms with Crippen molar-refractivity contribution in [3.8, 4) is 0 Å². The number of benzene rings is 2. The normalized spacial score (nSPS) is 11.9. The van der Waals surface area contributed by atoms with Crippen molar-refractivity contribution >= 4 is 17.5 Å². The Hall–Kier alpha value is -2.69. The van der Waals surface area contributed by atoms with E-state index in [0.717, 1.165) is 5.56 Å². The fourth-order valence-electron chi connectivity index (χ4n) is 2.33. The van der Waals surface area contributed by atoms with E-state index in [1.54, 1.807) is 12.1 Å². The van der Waals surface area contributed by atoms with Gasteiger partial charge in [0.1, 0.15) is 11.9 Å². The van der Waals surface area contributed by atoms with Gasteiger partial charge in [0.05, 0.1) is 0 Å². The second-order valence-corrected chi connectivity index (χ2v) is 6.01. The maximum atomic E-state index is 12.9. The van der Waals surface area contributed by atoms with Gasteiger partial charge in [-0.05, 0) is 48.7 Å². The summed E-state index contributed by atoms with van der Waals surface area (Å²) in [7, 11) is 0. The van der Waals surface area contributed by atoms with Gasteiger partial charge in [-0.1, -0.05) is 32.0 Å². The number of carbonyl (C=O) groups is 2. The van der Waals surface area contributed by atoms with Gasteiger partial charge >= 0.3 is 0 Å². The Morgan fingerprint density at radius 2 is 1.62 bits per heavy atom. The van der Waals surface area contributed by atoms with Crippen LogP contribution in [0.3, 0.4) is 0 Å². The van der Waals surface area contributed by atoms with Gasteiger partial charge in [-0.3, -0.25) is 9.59 Å². The van der Waals surface area contributed by atoms with Gasteiger partial charge in [0, 0.05) is 11.3 Å². The van der Waals surface area contributed by atoms with Gasteiger partial charge in [0.2, 0.25) is 5.91 Å². The van der Waals surface area contributed by atoms with Gasteiger partial charge < -0.3 is 10.6 Å². The topological polar surface area (TPSA) is 58.2 Å². The molecule has 4 nitrogen and oxygen atoms in total. The molecule has 0 heterocycles. The molecule has 0 saturated carbocycles. The number of amides is 2. The maximum absolute atomic E-state index is 12.9. The molecule has 126 valence electrons. The zero-order valence-electron chi connectivity index (χ0n) is 14.0. The molecule has 5 heteroatoms. The summed E-state index contributed by atoms with van der Waals surface area (Å²) >= 11 is 0. The van der Waals surface area contributed by atoms with E-state index in [4.69, 9.17) is 0 Å². The van der Waals surface area contributed by atoms with Gasteiger partial charge in [0.25, 0.3) is 5.91 Å². The molecule has 2 N–H and O–H groups in total. The number of carbonyl (C=O) groups excluding carboxylic acids is 2. The number of hydrogen-bond donors (Lipinski definition) is 2. The third-order valence-corrected chi connectivity index (χ3v) is 3.74. The van der Waals surface area contributed by atoms with Crippen molar-refractivity contribution in [3.63, 3.8) is 0 Å². The molecule has 2 rings (SSSR count). The van der Waals surface area contributed by atoms with Crippen molar-refractivity contribution in [2.75, 3.05) is 5.32 Å². The Bertz CT molecular complexity index is 726. The van der Waals surface area contributed by atoms with E-state index in [0.29, 0.717) is 11.3 Å². The van der Waals surface area contributed by atoms with Crippen molar-refractivity contribution in [2.24, 2.45) is 5.92 Å². The van der Waals surface area contributed by atoms with Crippen molar-refractivity contribution < 1.29 is 14.0 Å². The second-order valence-electron chi connectivity index (χ2n) is 6.01. The number of aryl methyl sites for hydroxylation is 1. The molecule has 1 atom stereocenters. The Labute approximate surface area is 141 Å². The lowest BCUT2D eigenvalue weighted by molar-refractivity contribution is -0.118. The molecule has 0 fully saturated rings. The zero-order chi connectivity index (χ0) is 17.7. The number of anilines is 1. The molecule has 0 aliphatic rings. The quantitative estimate of drug-likeness (QED) is 0.882. The van der Waals surface area contributed by atoms with Crippen LogP contribution in [-0.2, 0) is 4.79 Å². The fraction of sp³-hybridized carbons (Fsp3) is 0.263. The van der Waals surface area contributed by atoms with Crippen molar-refractivity contribution in [3.05, 3.63) is 65.5 Å². The van der Waals surface area contributed by atoms with E-state index in [9.17, 15) is 14.0 Å². The van der Waals surface area contributed by atoms with E-state index < -0.39 is 6.04 Å². The summed E-state index contributed by atoms with van der Waals surface area (Å²) in [5.41, 5.74) is 1.87. The summed E-state index contributed by atoms with van der Waals surface area (Å²) in [4.78, 5) is 24.9. The lowest BCUT2D eigenvalue weighted by Crippen LogP contribution is -2.47. The Morgan fingerprint density at radius 3 is 2.21 bits per heavy atom. The predicted molar refractivity (Wildman–Crippen MR) is 92.3 cm³/mol. The van der Waals surface area contributed by atoms with E-state index in [-0.39, 0.29) is 23.5 Å². The van der Waals surface area contributed by atoms with Crippen LogP contribution in [-0.4, -0.2) is 17.9 Å². The number of hydrogen-bond acceptors (Lipinski definition) is 2. The van der Waals surface area contributed by atoms with Crippen LogP contribution in [0.5, 0.6) is 0 Å². The highest BCUT2D eigenvalue weighted by Gasteiger charge is 2.25. The van der Waals surface area contributed by atoms with E-state index in [1.165, 1.54) is 24.3 Å². The molecule has 24 heavy (non-hydrogen) atoms. The minimum Gasteiger partial charge on any atom is -0.340 e. The first kappa shape index (κ1) is 17.7. The third kappa shape index (κ3) is 4.41. The van der Waals surface area contributed by atoms with Gasteiger partial charge in [-0.2, -0.15) is 0 Å². The van der Waals surface area contributed by atoms with Crippen molar-refractivity contribution in [1.82, 2.24) is 5.32 Å². The maximum Gasteiger partial charge on any atom is 0.252 e. The van der Waals surface area contributed by atoms with Crippen LogP contribution in [0.15, 0.2) is 48.5 Å². The van der Waals surface area contributed by atoms with E-state index in [2.05, 4.69) is 10.6 Å². The van der Waals surface area contributed by atoms with Crippen LogP contribution in [0.25, 0.3) is 0 Å². The smallest absolute Gasteiger partial charge is 0.252 e. The molecule has 2 aromatic carbocycles. The molecule has 0 unspecified atom stereocenters. The SMILES string of the molecule is Cc1ccccc1C(=O)N[C@H](C(=O)Nc1ccc(F)cc1)C(C)C. The lowest BCUT2D eigenvalue weighted by atomic mass is 10.0. The highest BCUT2D eigenvalue weighted by Crippen LogP contribution is 2.13. The fourth-order valence-corrected chi connectivity index (χ4v) is 2.33. The lowest BCUT2D eigenvalue weighted by Gasteiger charge is -2.22. The van der Waals surface area contributed by atoms with Crippen molar-refractivity contribution in [2.45, 2.75) is 26.8 Å². The molecule has 0 radical (unpaired) electrons. The van der Waals surface area contributed by atoms with Crippen LogP contribution in [0, 0.1) is 18.7 Å². The molecule has 0 spiro atoms. The number of rotatable bonds is 5. The molecule has 0 aliphatic carbocycles. The summed E-state index contributed by atoms with van der Waals surface area (Å²) < 4.78 is 12.9. The van der Waals surface area contributed by atoms with E-state index >= 15 is 0 Å². The average molecular weight is 328 g/mol. The van der Waals surface area contributed by atoms with Crippen LogP contribution < -0.4 is 10.6 Å². The Kier molecular flexibility index (Phi) is 5.68. The molecule has 2 aromatic rings. The molecule has 0 aromatic heterocycles. The first-order valence-corrected chi connectivity index (χ1v) is 7.81. The van der Waals surface area contributed by atoms with Gasteiger partial charge in [-0.25, -0.2) is 4.39 Å². The molecular formula is C19H21FN2O2. The zero-order valence-corrected chi connectivity index (χ0v) is 14.0. The Balaban J connectivity index is 2.11. The standard InChI is InChI=1S/C19H21FN2O2/c1-12(2)17(19(24)21-15-10-8-14(20)9-11-15)22-18(23)16-7-5-4-6-13(16)3/h4-12,17H,1-3H3,(H,21,24)(H,22,23)/t17-/m0/s1. The second kappa shape index (κ2) is 7.73. The largest absolute Gasteiger partial charge is 0.340 e. The highest BCUT2D eigenvalue weighted by atomic mass is 19.1. The van der Waals surface area contributed by atoms with Crippen LogP contribution >= 0.6 is 0 Å². The molecule has 0 aliphatic heterocycles. The molecule has 2 amide bonds. The summed E-state index contributed by atoms with van der Waals surface area (Å²) in [6.45, 7) is 5.55. The number of nitrogens with one attached hydrogen (secondary N) is 2. The molecule has 0 saturated heterocycles. The highest BCUT2D eigenvalue weighted by molar-refractivity contribution is 6.01. The summed E-state index contributed by atoms with van der Waals surface area (Å²) in [5, 5.41) is 5.48. The monoisotopic (exact) mass is 328 g/mol. The van der Waals surface area contributed by atoms with Crippen LogP contribution in [0.4, 0.5) is 10.1 Å². The van der Waals surface area contributed by atoms with Crippen LogP contribution in [0.2, 0.25) is 0 Å². The van der Waals surface area contributed by atoms with Gasteiger partial charge in [-0.15, -0.1) is 0 Å². The van der Waals surface area contributed by atoms with Gasteiger partial charge in [0.15, 0.2) is 0 Å². The van der Waals surface area contributed by atoms with Crippen LogP contribution in [0.1, 0.15) is 29.8 Å². The summed E-state index contributed by atoms with van der Waals surface area (Å²) in [6, 6.07) is 12.0. The number of halogens is 1. The Morgan fingerprint density at radius 1 is 1.00 bits per heavy atom. The predicted octanol–water partition coefficient (Wildman–Crippen LogP) is 3.53. The average Bonchev–Trinajstić information content (AvgIpc) is 2.54. The first-order valence-electron chi connectivity index (χ1n) is 7.81. The first-order chi connectivity index (χ1) is 11.4. The minimum absolute atomic E-state index is 0.0987. The van der Waals surface area contributed by atoms with Crippen molar-refractivity contribution in [1.29, 1.82) is 0 Å². The summed E-state index contributed by atoms with van der Waals surface area (Å²) in [6.07, 6.45) is 0.